The Bertz CT molecular complexity index is 297. The maximum Gasteiger partial charge on any atom is 0.327 e. The third-order valence-corrected chi connectivity index (χ3v) is 4.49. The van der Waals surface area contributed by atoms with E-state index in [0.717, 1.165) is 39.0 Å². The minimum absolute atomic E-state index is 0.0684. The summed E-state index contributed by atoms with van der Waals surface area (Å²) < 4.78 is 5.11. The molecular formula is C15H28N2O2. The van der Waals surface area contributed by atoms with Gasteiger partial charge < -0.3 is 15.0 Å². The number of methoxy groups -OCH3 is 1. The van der Waals surface area contributed by atoms with Crippen LogP contribution >= 0.6 is 0 Å². The summed E-state index contributed by atoms with van der Waals surface area (Å²) in [5, 5.41) is 3.46. The van der Waals surface area contributed by atoms with E-state index in [4.69, 9.17) is 4.74 Å². The zero-order valence-corrected chi connectivity index (χ0v) is 12.4. The molecule has 0 bridgehead atoms. The Kier molecular flexibility index (Phi) is 5.22. The van der Waals surface area contributed by atoms with Crippen molar-refractivity contribution in [2.24, 2.45) is 5.92 Å². The summed E-state index contributed by atoms with van der Waals surface area (Å²) >= 11 is 0. The lowest BCUT2D eigenvalue weighted by Gasteiger charge is -2.36. The highest BCUT2D eigenvalue weighted by Crippen LogP contribution is 2.41. The SMILES string of the molecule is CCNC(CN1CCCCCC1)(C(=O)OC)C1CC1. The summed E-state index contributed by atoms with van der Waals surface area (Å²) in [6.45, 7) is 5.95. The van der Waals surface area contributed by atoms with Gasteiger partial charge in [-0.05, 0) is 51.2 Å². The Morgan fingerprint density at radius 3 is 2.37 bits per heavy atom. The number of hydrogen-bond donors (Lipinski definition) is 1. The second-order valence-electron chi connectivity index (χ2n) is 5.96. The molecular weight excluding hydrogens is 240 g/mol. The molecule has 1 N–H and O–H groups in total. The van der Waals surface area contributed by atoms with Crippen LogP contribution in [0.15, 0.2) is 0 Å². The number of rotatable bonds is 6. The molecule has 1 aliphatic heterocycles. The normalized spacial score (nSPS) is 24.5. The first-order chi connectivity index (χ1) is 9.23. The minimum atomic E-state index is -0.464. The van der Waals surface area contributed by atoms with E-state index >= 15 is 0 Å². The number of nitrogens with one attached hydrogen (secondary N) is 1. The number of esters is 1. The highest BCUT2D eigenvalue weighted by atomic mass is 16.5. The van der Waals surface area contributed by atoms with Gasteiger partial charge in [0.2, 0.25) is 0 Å². The average Bonchev–Trinajstić information content (AvgIpc) is 3.24. The molecule has 0 aromatic heterocycles. The maximum absolute atomic E-state index is 12.4. The molecule has 1 heterocycles. The van der Waals surface area contributed by atoms with Crippen molar-refractivity contribution in [3.05, 3.63) is 0 Å². The number of likely N-dealkylation sites (N-methyl/N-ethyl adjacent to an activating group) is 1. The third-order valence-electron chi connectivity index (χ3n) is 4.49. The fourth-order valence-electron chi connectivity index (χ4n) is 3.35. The van der Waals surface area contributed by atoms with E-state index in [1.807, 2.05) is 0 Å². The third kappa shape index (κ3) is 3.48. The summed E-state index contributed by atoms with van der Waals surface area (Å²) in [5.74, 6) is 0.393. The van der Waals surface area contributed by atoms with Gasteiger partial charge in [-0.2, -0.15) is 0 Å². The largest absolute Gasteiger partial charge is 0.468 e. The quantitative estimate of drug-likeness (QED) is 0.746. The van der Waals surface area contributed by atoms with E-state index in [1.165, 1.54) is 32.8 Å². The van der Waals surface area contributed by atoms with E-state index in [1.54, 1.807) is 0 Å². The molecule has 0 amide bonds. The summed E-state index contributed by atoms with van der Waals surface area (Å²) in [5.41, 5.74) is -0.464. The second-order valence-corrected chi connectivity index (χ2v) is 5.96. The molecule has 1 aliphatic carbocycles. The van der Waals surface area contributed by atoms with Crippen LogP contribution in [-0.2, 0) is 9.53 Å². The lowest BCUT2D eigenvalue weighted by Crippen LogP contribution is -2.61. The van der Waals surface area contributed by atoms with E-state index < -0.39 is 5.54 Å². The van der Waals surface area contributed by atoms with Gasteiger partial charge in [0.1, 0.15) is 5.54 Å². The molecule has 0 aromatic carbocycles. The Labute approximate surface area is 116 Å². The van der Waals surface area contributed by atoms with Crippen molar-refractivity contribution in [1.29, 1.82) is 0 Å². The Morgan fingerprint density at radius 1 is 1.26 bits per heavy atom. The monoisotopic (exact) mass is 268 g/mol. The van der Waals surface area contributed by atoms with Gasteiger partial charge in [0.15, 0.2) is 0 Å². The van der Waals surface area contributed by atoms with Crippen molar-refractivity contribution < 1.29 is 9.53 Å². The van der Waals surface area contributed by atoms with Gasteiger partial charge in [-0.1, -0.05) is 19.8 Å². The van der Waals surface area contributed by atoms with Crippen molar-refractivity contribution in [3.63, 3.8) is 0 Å². The molecule has 2 aliphatic rings. The standard InChI is InChI=1S/C15H28N2O2/c1-3-16-15(13-8-9-13,14(18)19-2)12-17-10-6-4-5-7-11-17/h13,16H,3-12H2,1-2H3. The Hall–Kier alpha value is -0.610. The van der Waals surface area contributed by atoms with Crippen molar-refractivity contribution in [2.45, 2.75) is 51.0 Å². The van der Waals surface area contributed by atoms with Gasteiger partial charge in [-0.3, -0.25) is 0 Å². The molecule has 0 spiro atoms. The summed E-state index contributed by atoms with van der Waals surface area (Å²) in [6, 6.07) is 0. The molecule has 2 rings (SSSR count). The van der Waals surface area contributed by atoms with E-state index in [-0.39, 0.29) is 5.97 Å². The average molecular weight is 268 g/mol. The van der Waals surface area contributed by atoms with Gasteiger partial charge in [-0.25, -0.2) is 4.79 Å². The first kappa shape index (κ1) is 14.8. The van der Waals surface area contributed by atoms with Crippen LogP contribution in [0.3, 0.4) is 0 Å². The van der Waals surface area contributed by atoms with Crippen LogP contribution in [-0.4, -0.2) is 49.7 Å². The van der Waals surface area contributed by atoms with Crippen molar-refractivity contribution in [2.75, 3.05) is 33.3 Å². The number of nitrogens with zero attached hydrogens (tertiary/aromatic N) is 1. The molecule has 4 heteroatoms. The molecule has 19 heavy (non-hydrogen) atoms. The molecule has 0 radical (unpaired) electrons. The van der Waals surface area contributed by atoms with Crippen LogP contribution < -0.4 is 5.32 Å². The summed E-state index contributed by atoms with van der Waals surface area (Å²) in [6.07, 6.45) is 7.46. The summed E-state index contributed by atoms with van der Waals surface area (Å²) in [4.78, 5) is 14.8. The van der Waals surface area contributed by atoms with Crippen LogP contribution in [0.2, 0.25) is 0 Å². The molecule has 1 saturated carbocycles. The van der Waals surface area contributed by atoms with Crippen molar-refractivity contribution >= 4 is 5.97 Å². The highest BCUT2D eigenvalue weighted by Gasteiger charge is 2.52. The molecule has 4 nitrogen and oxygen atoms in total. The van der Waals surface area contributed by atoms with Gasteiger partial charge in [0.05, 0.1) is 7.11 Å². The van der Waals surface area contributed by atoms with Gasteiger partial charge >= 0.3 is 5.97 Å². The van der Waals surface area contributed by atoms with Crippen LogP contribution in [0.4, 0.5) is 0 Å². The zero-order chi connectivity index (χ0) is 13.7. The fraction of sp³-hybridized carbons (Fsp3) is 0.933. The summed E-state index contributed by atoms with van der Waals surface area (Å²) in [7, 11) is 1.51. The molecule has 1 unspecified atom stereocenters. The minimum Gasteiger partial charge on any atom is -0.468 e. The Balaban J connectivity index is 2.08. The fourth-order valence-corrected chi connectivity index (χ4v) is 3.35. The van der Waals surface area contributed by atoms with Gasteiger partial charge in [-0.15, -0.1) is 0 Å². The molecule has 1 saturated heterocycles. The second kappa shape index (κ2) is 6.71. The zero-order valence-electron chi connectivity index (χ0n) is 12.4. The predicted molar refractivity (Wildman–Crippen MR) is 76.1 cm³/mol. The lowest BCUT2D eigenvalue weighted by molar-refractivity contribution is -0.150. The van der Waals surface area contributed by atoms with Crippen LogP contribution in [0.25, 0.3) is 0 Å². The van der Waals surface area contributed by atoms with Crippen molar-refractivity contribution in [1.82, 2.24) is 10.2 Å². The van der Waals surface area contributed by atoms with E-state index in [9.17, 15) is 4.79 Å². The topological polar surface area (TPSA) is 41.6 Å². The first-order valence-electron chi connectivity index (χ1n) is 7.78. The van der Waals surface area contributed by atoms with E-state index in [0.29, 0.717) is 5.92 Å². The number of likely N-dealkylation sites (tertiary alicyclic amines) is 1. The van der Waals surface area contributed by atoms with Crippen LogP contribution in [0, 0.1) is 5.92 Å². The number of carbonyl (C=O) groups is 1. The van der Waals surface area contributed by atoms with Crippen LogP contribution in [0.1, 0.15) is 45.4 Å². The number of hydrogen-bond acceptors (Lipinski definition) is 4. The molecule has 110 valence electrons. The maximum atomic E-state index is 12.4. The highest BCUT2D eigenvalue weighted by molar-refractivity contribution is 5.82. The first-order valence-corrected chi connectivity index (χ1v) is 7.78. The molecule has 2 fully saturated rings. The Morgan fingerprint density at radius 2 is 1.89 bits per heavy atom. The van der Waals surface area contributed by atoms with Gasteiger partial charge in [0.25, 0.3) is 0 Å². The molecule has 0 aromatic rings. The molecule has 1 atom stereocenters. The van der Waals surface area contributed by atoms with Crippen LogP contribution in [0.5, 0.6) is 0 Å². The van der Waals surface area contributed by atoms with Gasteiger partial charge in [0, 0.05) is 6.54 Å². The smallest absolute Gasteiger partial charge is 0.327 e. The predicted octanol–water partition coefficient (Wildman–Crippen LogP) is 1.79. The van der Waals surface area contributed by atoms with E-state index in [2.05, 4.69) is 17.1 Å². The van der Waals surface area contributed by atoms with Crippen molar-refractivity contribution in [3.8, 4) is 0 Å². The number of carbonyl (C=O) groups excluding carboxylic acids is 1. The lowest BCUT2D eigenvalue weighted by atomic mass is 9.92. The number of ether oxygens (including phenoxy) is 1.